The van der Waals surface area contributed by atoms with Gasteiger partial charge < -0.3 is 15.0 Å². The van der Waals surface area contributed by atoms with Crippen molar-refractivity contribution >= 4 is 11.8 Å². The van der Waals surface area contributed by atoms with Crippen LogP contribution in [0.4, 0.5) is 13.2 Å². The summed E-state index contributed by atoms with van der Waals surface area (Å²) in [5.74, 6) is -3.20. The van der Waals surface area contributed by atoms with Gasteiger partial charge in [0.25, 0.3) is 5.91 Å². The van der Waals surface area contributed by atoms with Gasteiger partial charge in [0.05, 0.1) is 6.54 Å². The van der Waals surface area contributed by atoms with Gasteiger partial charge in [0, 0.05) is 19.2 Å². The summed E-state index contributed by atoms with van der Waals surface area (Å²) in [6, 6.07) is 8.42. The lowest BCUT2D eigenvalue weighted by Gasteiger charge is -2.20. The van der Waals surface area contributed by atoms with Crippen LogP contribution in [0.3, 0.4) is 0 Å². The molecule has 2 aromatic rings. The number of nitrogens with one attached hydrogen (secondary N) is 1. The molecule has 144 valence electrons. The van der Waals surface area contributed by atoms with E-state index in [0.717, 1.165) is 12.1 Å². The van der Waals surface area contributed by atoms with Gasteiger partial charge in [-0.05, 0) is 36.8 Å². The average molecular weight is 380 g/mol. The van der Waals surface area contributed by atoms with Crippen molar-refractivity contribution in [3.8, 4) is 5.75 Å². The summed E-state index contributed by atoms with van der Waals surface area (Å²) in [7, 11) is 0. The van der Waals surface area contributed by atoms with E-state index in [1.807, 2.05) is 0 Å². The second-order valence-electron chi connectivity index (χ2n) is 5.67. The molecule has 0 saturated carbocycles. The number of carbonyl (C=O) groups excluding carboxylic acids is 2. The van der Waals surface area contributed by atoms with E-state index < -0.39 is 30.1 Å². The lowest BCUT2D eigenvalue weighted by Crippen LogP contribution is -2.42. The molecule has 0 unspecified atom stereocenters. The van der Waals surface area contributed by atoms with Crippen LogP contribution >= 0.6 is 0 Å². The van der Waals surface area contributed by atoms with Crippen molar-refractivity contribution in [2.24, 2.45) is 0 Å². The molecule has 0 atom stereocenters. The third kappa shape index (κ3) is 6.32. The highest BCUT2D eigenvalue weighted by Gasteiger charge is 2.17. The fraction of sp³-hybridized carbons (Fsp3) is 0.263. The third-order valence-electron chi connectivity index (χ3n) is 3.72. The molecule has 0 aliphatic carbocycles. The summed E-state index contributed by atoms with van der Waals surface area (Å²) < 4.78 is 44.3. The Bertz CT molecular complexity index is 797. The van der Waals surface area contributed by atoms with Crippen molar-refractivity contribution in [1.82, 2.24) is 10.2 Å². The number of ether oxygens (including phenoxy) is 1. The number of amides is 2. The molecule has 0 fully saturated rings. The highest BCUT2D eigenvalue weighted by atomic mass is 19.1. The Balaban J connectivity index is 1.82. The first-order valence-corrected chi connectivity index (χ1v) is 8.25. The van der Waals surface area contributed by atoms with Gasteiger partial charge in [-0.3, -0.25) is 9.59 Å². The van der Waals surface area contributed by atoms with Gasteiger partial charge in [-0.1, -0.05) is 12.1 Å². The van der Waals surface area contributed by atoms with E-state index in [1.165, 1.54) is 17.0 Å². The van der Waals surface area contributed by atoms with Crippen LogP contribution in [-0.4, -0.2) is 36.4 Å². The van der Waals surface area contributed by atoms with Gasteiger partial charge in [-0.2, -0.15) is 0 Å². The summed E-state index contributed by atoms with van der Waals surface area (Å²) in [6.45, 7) is 1.44. The van der Waals surface area contributed by atoms with E-state index in [-0.39, 0.29) is 31.2 Å². The summed E-state index contributed by atoms with van der Waals surface area (Å²) in [5, 5.41) is 2.63. The topological polar surface area (TPSA) is 58.6 Å². The SMILES string of the molecule is CCN(CC(=O)NCc1ccc(F)cc1)C(=O)COc1ccc(F)cc1F. The Kier molecular flexibility index (Phi) is 7.22. The molecule has 27 heavy (non-hydrogen) atoms. The third-order valence-corrected chi connectivity index (χ3v) is 3.72. The molecule has 0 heterocycles. The fourth-order valence-electron chi connectivity index (χ4n) is 2.23. The molecular weight excluding hydrogens is 361 g/mol. The highest BCUT2D eigenvalue weighted by molar-refractivity contribution is 5.85. The molecule has 0 aliphatic heterocycles. The zero-order valence-corrected chi connectivity index (χ0v) is 14.7. The number of halogens is 3. The Hall–Kier alpha value is -3.03. The molecule has 0 bridgehead atoms. The Morgan fingerprint density at radius 3 is 2.33 bits per heavy atom. The minimum absolute atomic E-state index is 0.197. The van der Waals surface area contributed by atoms with Crippen molar-refractivity contribution in [2.45, 2.75) is 13.5 Å². The molecule has 8 heteroatoms. The molecule has 0 spiro atoms. The number of carbonyl (C=O) groups is 2. The van der Waals surface area contributed by atoms with Crippen LogP contribution in [0.25, 0.3) is 0 Å². The maximum absolute atomic E-state index is 13.5. The number of nitrogens with zero attached hydrogens (tertiary/aromatic N) is 1. The quantitative estimate of drug-likeness (QED) is 0.766. The first-order chi connectivity index (χ1) is 12.9. The van der Waals surface area contributed by atoms with E-state index in [0.29, 0.717) is 11.6 Å². The highest BCUT2D eigenvalue weighted by Crippen LogP contribution is 2.17. The van der Waals surface area contributed by atoms with Gasteiger partial charge in [0.1, 0.15) is 11.6 Å². The van der Waals surface area contributed by atoms with Gasteiger partial charge in [-0.15, -0.1) is 0 Å². The second kappa shape index (κ2) is 9.61. The maximum Gasteiger partial charge on any atom is 0.260 e. The molecule has 0 aromatic heterocycles. The van der Waals surface area contributed by atoms with Crippen molar-refractivity contribution in [3.63, 3.8) is 0 Å². The summed E-state index contributed by atoms with van der Waals surface area (Å²) >= 11 is 0. The van der Waals surface area contributed by atoms with Gasteiger partial charge >= 0.3 is 0 Å². The van der Waals surface area contributed by atoms with E-state index in [1.54, 1.807) is 19.1 Å². The standard InChI is InChI=1S/C19H19F3N2O3/c1-2-24(11-18(25)23-10-13-3-5-14(20)6-4-13)19(26)12-27-17-8-7-15(21)9-16(17)22/h3-9H,2,10-12H2,1H3,(H,23,25). The Morgan fingerprint density at radius 2 is 1.70 bits per heavy atom. The van der Waals surface area contributed by atoms with Crippen LogP contribution in [0.1, 0.15) is 12.5 Å². The van der Waals surface area contributed by atoms with E-state index in [9.17, 15) is 22.8 Å². The van der Waals surface area contributed by atoms with Gasteiger partial charge in [-0.25, -0.2) is 13.2 Å². The fourth-order valence-corrected chi connectivity index (χ4v) is 2.23. The molecule has 1 N–H and O–H groups in total. The number of benzene rings is 2. The number of rotatable bonds is 8. The monoisotopic (exact) mass is 380 g/mol. The molecule has 0 radical (unpaired) electrons. The van der Waals surface area contributed by atoms with Crippen molar-refractivity contribution in [3.05, 3.63) is 65.5 Å². The lowest BCUT2D eigenvalue weighted by atomic mass is 10.2. The molecule has 0 saturated heterocycles. The van der Waals surface area contributed by atoms with Crippen molar-refractivity contribution in [2.75, 3.05) is 19.7 Å². The maximum atomic E-state index is 13.5. The summed E-state index contributed by atoms with van der Waals surface area (Å²) in [4.78, 5) is 25.4. The van der Waals surface area contributed by atoms with Crippen LogP contribution < -0.4 is 10.1 Å². The van der Waals surface area contributed by atoms with Crippen LogP contribution in [0.15, 0.2) is 42.5 Å². The smallest absolute Gasteiger partial charge is 0.260 e. The first-order valence-electron chi connectivity index (χ1n) is 8.25. The van der Waals surface area contributed by atoms with E-state index in [2.05, 4.69) is 5.32 Å². The molecule has 0 aliphatic rings. The van der Waals surface area contributed by atoms with E-state index in [4.69, 9.17) is 4.74 Å². The Morgan fingerprint density at radius 1 is 1.04 bits per heavy atom. The number of hydrogen-bond donors (Lipinski definition) is 1. The number of likely N-dealkylation sites (N-methyl/N-ethyl adjacent to an activating group) is 1. The van der Waals surface area contributed by atoms with Crippen LogP contribution in [-0.2, 0) is 16.1 Å². The van der Waals surface area contributed by atoms with Gasteiger partial charge in [0.2, 0.25) is 5.91 Å². The minimum Gasteiger partial charge on any atom is -0.481 e. The van der Waals surface area contributed by atoms with Crippen LogP contribution in [0, 0.1) is 17.5 Å². The molecule has 5 nitrogen and oxygen atoms in total. The second-order valence-corrected chi connectivity index (χ2v) is 5.67. The molecule has 2 amide bonds. The van der Waals surface area contributed by atoms with Crippen LogP contribution in [0.2, 0.25) is 0 Å². The van der Waals surface area contributed by atoms with E-state index >= 15 is 0 Å². The van der Waals surface area contributed by atoms with Crippen molar-refractivity contribution < 1.29 is 27.5 Å². The minimum atomic E-state index is -0.914. The average Bonchev–Trinajstić information content (AvgIpc) is 2.64. The zero-order valence-electron chi connectivity index (χ0n) is 14.7. The zero-order chi connectivity index (χ0) is 19.8. The Labute approximate surface area is 154 Å². The normalized spacial score (nSPS) is 10.4. The molecular formula is C19H19F3N2O3. The van der Waals surface area contributed by atoms with Crippen molar-refractivity contribution in [1.29, 1.82) is 0 Å². The summed E-state index contributed by atoms with van der Waals surface area (Å²) in [6.07, 6.45) is 0. The largest absolute Gasteiger partial charge is 0.481 e. The molecule has 2 rings (SSSR count). The number of hydrogen-bond acceptors (Lipinski definition) is 3. The summed E-state index contributed by atoms with van der Waals surface area (Å²) in [5.41, 5.74) is 0.717. The first kappa shape index (κ1) is 20.3. The molecule has 2 aromatic carbocycles. The predicted octanol–water partition coefficient (Wildman–Crippen LogP) is 2.65. The lowest BCUT2D eigenvalue weighted by molar-refractivity contribution is -0.137. The van der Waals surface area contributed by atoms with Gasteiger partial charge in [0.15, 0.2) is 18.2 Å². The van der Waals surface area contributed by atoms with Crippen LogP contribution in [0.5, 0.6) is 5.75 Å². The predicted molar refractivity (Wildman–Crippen MR) is 92.4 cm³/mol.